The molecule has 0 spiro atoms. The Balaban J connectivity index is 2.23. The Labute approximate surface area is 109 Å². The van der Waals surface area contributed by atoms with Crippen LogP contribution in [0.4, 0.5) is 0 Å². The first-order valence-electron chi connectivity index (χ1n) is 6.01. The SMILES string of the molecule is Cc1nc(C2CCCS2)[nH]c(=O)c1CCC(=O)O. The van der Waals surface area contributed by atoms with Crippen molar-refractivity contribution in [2.45, 2.75) is 37.9 Å². The molecule has 0 aliphatic carbocycles. The number of rotatable bonds is 4. The highest BCUT2D eigenvalue weighted by Gasteiger charge is 2.21. The minimum absolute atomic E-state index is 0.0386. The minimum atomic E-state index is -0.899. The van der Waals surface area contributed by atoms with Crippen molar-refractivity contribution in [2.75, 3.05) is 5.75 Å². The molecule has 1 aliphatic heterocycles. The molecule has 0 radical (unpaired) electrons. The van der Waals surface area contributed by atoms with Crippen molar-refractivity contribution < 1.29 is 9.90 Å². The van der Waals surface area contributed by atoms with Crippen LogP contribution in [0.1, 0.15) is 41.6 Å². The number of hydrogen-bond donors (Lipinski definition) is 2. The van der Waals surface area contributed by atoms with Crippen molar-refractivity contribution in [3.63, 3.8) is 0 Å². The molecule has 0 amide bonds. The zero-order valence-electron chi connectivity index (χ0n) is 10.2. The standard InChI is InChI=1S/C12H16N2O3S/c1-7-8(4-5-10(15)16)12(17)14-11(13-7)9-3-2-6-18-9/h9H,2-6H2,1H3,(H,15,16)(H,13,14,17). The van der Waals surface area contributed by atoms with Gasteiger partial charge in [0.05, 0.1) is 5.25 Å². The van der Waals surface area contributed by atoms with E-state index in [2.05, 4.69) is 9.97 Å². The number of carbonyl (C=O) groups is 1. The van der Waals surface area contributed by atoms with Gasteiger partial charge in [0, 0.05) is 17.7 Å². The number of nitrogens with zero attached hydrogens (tertiary/aromatic N) is 1. The molecule has 2 heterocycles. The first-order valence-corrected chi connectivity index (χ1v) is 7.06. The summed E-state index contributed by atoms with van der Waals surface area (Å²) in [6.45, 7) is 1.77. The number of H-pyrrole nitrogens is 1. The Kier molecular flexibility index (Phi) is 4.06. The Hall–Kier alpha value is -1.30. The molecule has 0 saturated carbocycles. The van der Waals surface area contributed by atoms with Gasteiger partial charge < -0.3 is 10.1 Å². The largest absolute Gasteiger partial charge is 0.481 e. The van der Waals surface area contributed by atoms with Gasteiger partial charge in [0.1, 0.15) is 5.82 Å². The van der Waals surface area contributed by atoms with Crippen LogP contribution in [0.25, 0.3) is 0 Å². The van der Waals surface area contributed by atoms with Crippen molar-refractivity contribution in [3.05, 3.63) is 27.4 Å². The second kappa shape index (κ2) is 5.56. The summed E-state index contributed by atoms with van der Waals surface area (Å²) in [6.07, 6.45) is 2.39. The van der Waals surface area contributed by atoms with E-state index in [1.54, 1.807) is 6.92 Å². The summed E-state index contributed by atoms with van der Waals surface area (Å²) in [7, 11) is 0. The molecule has 1 aromatic heterocycles. The van der Waals surface area contributed by atoms with E-state index in [0.29, 0.717) is 11.3 Å². The molecule has 6 heteroatoms. The number of hydrogen-bond acceptors (Lipinski definition) is 4. The molecule has 0 aromatic carbocycles. The van der Waals surface area contributed by atoms with Gasteiger partial charge in [0.15, 0.2) is 0 Å². The highest BCUT2D eigenvalue weighted by Crippen LogP contribution is 2.37. The first kappa shape index (κ1) is 13.1. The quantitative estimate of drug-likeness (QED) is 0.867. The van der Waals surface area contributed by atoms with E-state index in [1.807, 2.05) is 11.8 Å². The van der Waals surface area contributed by atoms with Crippen molar-refractivity contribution in [2.24, 2.45) is 0 Å². The van der Waals surface area contributed by atoms with Crippen molar-refractivity contribution in [1.82, 2.24) is 9.97 Å². The summed E-state index contributed by atoms with van der Waals surface area (Å²) in [6, 6.07) is 0. The number of thioether (sulfide) groups is 1. The summed E-state index contributed by atoms with van der Waals surface area (Å²) in [5.41, 5.74) is 0.956. The van der Waals surface area contributed by atoms with Gasteiger partial charge in [-0.25, -0.2) is 4.98 Å². The summed E-state index contributed by atoms with van der Waals surface area (Å²) >= 11 is 1.81. The summed E-state index contributed by atoms with van der Waals surface area (Å²) in [5, 5.41) is 8.93. The van der Waals surface area contributed by atoms with Gasteiger partial charge >= 0.3 is 5.97 Å². The van der Waals surface area contributed by atoms with E-state index in [1.165, 1.54) is 0 Å². The van der Waals surface area contributed by atoms with E-state index in [9.17, 15) is 9.59 Å². The van der Waals surface area contributed by atoms with Crippen LogP contribution in [0.15, 0.2) is 4.79 Å². The molecule has 0 bridgehead atoms. The maximum Gasteiger partial charge on any atom is 0.303 e. The Morgan fingerprint density at radius 1 is 1.61 bits per heavy atom. The number of nitrogens with one attached hydrogen (secondary N) is 1. The van der Waals surface area contributed by atoms with Gasteiger partial charge in [-0.2, -0.15) is 11.8 Å². The Morgan fingerprint density at radius 2 is 2.39 bits per heavy atom. The third-order valence-corrected chi connectivity index (χ3v) is 4.45. The fraction of sp³-hybridized carbons (Fsp3) is 0.583. The summed E-state index contributed by atoms with van der Waals surface area (Å²) in [5.74, 6) is 0.942. The molecule has 1 saturated heterocycles. The number of aliphatic carboxylic acids is 1. The molecular weight excluding hydrogens is 252 g/mol. The molecule has 18 heavy (non-hydrogen) atoms. The lowest BCUT2D eigenvalue weighted by Crippen LogP contribution is -2.20. The predicted octanol–water partition coefficient (Wildman–Crippen LogP) is 1.66. The molecular formula is C12H16N2O3S. The molecule has 1 fully saturated rings. The lowest BCUT2D eigenvalue weighted by Gasteiger charge is -2.10. The maximum atomic E-state index is 11.9. The van der Waals surface area contributed by atoms with Gasteiger partial charge in [-0.05, 0) is 31.9 Å². The van der Waals surface area contributed by atoms with E-state index in [4.69, 9.17) is 5.11 Å². The molecule has 1 aromatic rings. The van der Waals surface area contributed by atoms with Crippen LogP contribution in [0.3, 0.4) is 0 Å². The van der Waals surface area contributed by atoms with Gasteiger partial charge in [-0.1, -0.05) is 0 Å². The fourth-order valence-electron chi connectivity index (χ4n) is 2.10. The second-order valence-corrected chi connectivity index (χ2v) is 5.72. The molecule has 98 valence electrons. The number of carboxylic acids is 1. The summed E-state index contributed by atoms with van der Waals surface area (Å²) in [4.78, 5) is 29.7. The van der Waals surface area contributed by atoms with E-state index < -0.39 is 5.97 Å². The maximum absolute atomic E-state index is 11.9. The molecule has 2 N–H and O–H groups in total. The second-order valence-electron chi connectivity index (χ2n) is 4.41. The normalized spacial score (nSPS) is 19.1. The highest BCUT2D eigenvalue weighted by molar-refractivity contribution is 7.99. The molecule has 1 aliphatic rings. The Bertz CT molecular complexity index is 507. The lowest BCUT2D eigenvalue weighted by atomic mass is 10.1. The van der Waals surface area contributed by atoms with Crippen LogP contribution in [0.5, 0.6) is 0 Å². The average molecular weight is 268 g/mol. The molecule has 1 atom stereocenters. The third-order valence-electron chi connectivity index (χ3n) is 3.06. The minimum Gasteiger partial charge on any atom is -0.481 e. The molecule has 1 unspecified atom stereocenters. The van der Waals surface area contributed by atoms with Crippen LogP contribution in [0, 0.1) is 6.92 Å². The van der Waals surface area contributed by atoms with E-state index in [-0.39, 0.29) is 23.7 Å². The molecule has 2 rings (SSSR count). The number of carboxylic acid groups (broad SMARTS) is 1. The fourth-order valence-corrected chi connectivity index (χ4v) is 3.33. The van der Waals surface area contributed by atoms with Crippen LogP contribution >= 0.6 is 11.8 Å². The third kappa shape index (κ3) is 2.93. The van der Waals surface area contributed by atoms with Crippen LogP contribution in [-0.2, 0) is 11.2 Å². The first-order chi connectivity index (χ1) is 8.58. The van der Waals surface area contributed by atoms with Gasteiger partial charge in [-0.3, -0.25) is 9.59 Å². The molecule has 5 nitrogen and oxygen atoms in total. The highest BCUT2D eigenvalue weighted by atomic mass is 32.2. The van der Waals surface area contributed by atoms with Crippen LogP contribution in [-0.4, -0.2) is 26.8 Å². The number of aromatic nitrogens is 2. The van der Waals surface area contributed by atoms with E-state index >= 15 is 0 Å². The van der Waals surface area contributed by atoms with Crippen molar-refractivity contribution in [3.8, 4) is 0 Å². The van der Waals surface area contributed by atoms with Crippen molar-refractivity contribution in [1.29, 1.82) is 0 Å². The zero-order chi connectivity index (χ0) is 13.1. The summed E-state index contributed by atoms with van der Waals surface area (Å²) < 4.78 is 0. The zero-order valence-corrected chi connectivity index (χ0v) is 11.0. The number of aromatic amines is 1. The van der Waals surface area contributed by atoms with E-state index in [0.717, 1.165) is 24.4 Å². The monoisotopic (exact) mass is 268 g/mol. The Morgan fingerprint density at radius 3 is 2.94 bits per heavy atom. The topological polar surface area (TPSA) is 83.0 Å². The van der Waals surface area contributed by atoms with Gasteiger partial charge in [0.25, 0.3) is 5.56 Å². The van der Waals surface area contributed by atoms with Crippen molar-refractivity contribution >= 4 is 17.7 Å². The lowest BCUT2D eigenvalue weighted by molar-refractivity contribution is -0.136. The predicted molar refractivity (Wildman–Crippen MR) is 70.0 cm³/mol. The van der Waals surface area contributed by atoms with Gasteiger partial charge in [-0.15, -0.1) is 0 Å². The van der Waals surface area contributed by atoms with Crippen LogP contribution < -0.4 is 5.56 Å². The number of aryl methyl sites for hydroxylation is 1. The average Bonchev–Trinajstić information content (AvgIpc) is 2.80. The van der Waals surface area contributed by atoms with Gasteiger partial charge in [0.2, 0.25) is 0 Å². The van der Waals surface area contributed by atoms with Crippen LogP contribution in [0.2, 0.25) is 0 Å². The smallest absolute Gasteiger partial charge is 0.303 e.